The van der Waals surface area contributed by atoms with Gasteiger partial charge in [0.05, 0.1) is 17.8 Å². The summed E-state index contributed by atoms with van der Waals surface area (Å²) in [4.78, 5) is 29.5. The van der Waals surface area contributed by atoms with Gasteiger partial charge in [-0.15, -0.1) is 5.10 Å². The van der Waals surface area contributed by atoms with Gasteiger partial charge in [-0.25, -0.2) is 4.68 Å². The van der Waals surface area contributed by atoms with E-state index in [9.17, 15) is 9.59 Å². The molecule has 1 atom stereocenters. The van der Waals surface area contributed by atoms with Crippen molar-refractivity contribution < 1.29 is 18.7 Å². The molecule has 2 amide bonds. The molecular formula is C28H33N5O4. The van der Waals surface area contributed by atoms with Gasteiger partial charge < -0.3 is 14.5 Å². The number of para-hydroxylation sites is 3. The van der Waals surface area contributed by atoms with Crippen LogP contribution < -0.4 is 15.0 Å². The molecular weight excluding hydrogens is 470 g/mol. The maximum Gasteiger partial charge on any atom is 0.251 e. The van der Waals surface area contributed by atoms with Gasteiger partial charge in [0.25, 0.3) is 5.91 Å². The third kappa shape index (κ3) is 5.66. The largest absolute Gasteiger partial charge is 0.492 e. The van der Waals surface area contributed by atoms with Crippen LogP contribution in [0.25, 0.3) is 11.0 Å². The van der Waals surface area contributed by atoms with Crippen LogP contribution in [0.4, 0.5) is 5.69 Å². The van der Waals surface area contributed by atoms with Gasteiger partial charge in [-0.1, -0.05) is 36.4 Å². The average Bonchev–Trinajstić information content (AvgIpc) is 3.49. The molecule has 0 saturated carbocycles. The highest BCUT2D eigenvalue weighted by Crippen LogP contribution is 2.36. The summed E-state index contributed by atoms with van der Waals surface area (Å²) in [5.41, 5.74) is 1.36. The van der Waals surface area contributed by atoms with Gasteiger partial charge in [-0.2, -0.15) is 0 Å². The molecule has 2 aromatic carbocycles. The Balaban J connectivity index is 1.84. The molecule has 0 spiro atoms. The number of nitrogens with zero attached hydrogens (tertiary/aromatic N) is 4. The smallest absolute Gasteiger partial charge is 0.251 e. The lowest BCUT2D eigenvalue weighted by molar-refractivity contribution is -0.128. The van der Waals surface area contributed by atoms with Crippen molar-refractivity contribution in [1.29, 1.82) is 0 Å². The molecule has 0 fully saturated rings. The standard InChI is InChI=1S/C28H33N5O4/c1-6-28(4,5)29-27(35)26(24-17-16-19(3)37-24)33(22-14-10-11-15-23(22)36-7-2)25(34)18-32-21-13-9-8-12-20(21)30-31-32/h8-17,26H,6-7,18H2,1-5H3,(H,29,35). The Labute approximate surface area is 216 Å². The number of anilines is 1. The van der Waals surface area contributed by atoms with E-state index in [1.165, 1.54) is 9.58 Å². The number of hydrogen-bond acceptors (Lipinski definition) is 6. The van der Waals surface area contributed by atoms with Crippen molar-refractivity contribution in [2.75, 3.05) is 11.5 Å². The second kappa shape index (κ2) is 10.9. The molecule has 2 heterocycles. The Bertz CT molecular complexity index is 1390. The molecule has 0 aliphatic carbocycles. The number of carbonyl (C=O) groups is 2. The number of nitrogens with one attached hydrogen (secondary N) is 1. The second-order valence-corrected chi connectivity index (χ2v) is 9.48. The van der Waals surface area contributed by atoms with Gasteiger partial charge in [0.2, 0.25) is 5.91 Å². The van der Waals surface area contributed by atoms with Crippen LogP contribution >= 0.6 is 0 Å². The highest BCUT2D eigenvalue weighted by Gasteiger charge is 2.38. The number of carbonyl (C=O) groups excluding carboxylic acids is 2. The summed E-state index contributed by atoms with van der Waals surface area (Å²) in [7, 11) is 0. The van der Waals surface area contributed by atoms with Crippen molar-refractivity contribution >= 4 is 28.5 Å². The lowest BCUT2D eigenvalue weighted by atomic mass is 10.0. The quantitative estimate of drug-likeness (QED) is 0.333. The number of aryl methyl sites for hydroxylation is 1. The zero-order valence-electron chi connectivity index (χ0n) is 21.9. The van der Waals surface area contributed by atoms with E-state index in [4.69, 9.17) is 9.15 Å². The Morgan fingerprint density at radius 1 is 1.08 bits per heavy atom. The van der Waals surface area contributed by atoms with Crippen LogP contribution in [0.1, 0.15) is 51.7 Å². The molecule has 9 heteroatoms. The number of rotatable bonds is 10. The summed E-state index contributed by atoms with van der Waals surface area (Å²) in [6.07, 6.45) is 0.705. The summed E-state index contributed by atoms with van der Waals surface area (Å²) >= 11 is 0. The van der Waals surface area contributed by atoms with E-state index in [1.807, 2.05) is 58.0 Å². The lowest BCUT2D eigenvalue weighted by Gasteiger charge is -2.34. The molecule has 0 bridgehead atoms. The third-order valence-corrected chi connectivity index (χ3v) is 6.28. The summed E-state index contributed by atoms with van der Waals surface area (Å²) in [5, 5.41) is 11.4. The minimum Gasteiger partial charge on any atom is -0.492 e. The first-order valence-electron chi connectivity index (χ1n) is 12.4. The highest BCUT2D eigenvalue weighted by atomic mass is 16.5. The van der Waals surface area contributed by atoms with Gasteiger partial charge in [0, 0.05) is 5.54 Å². The van der Waals surface area contributed by atoms with E-state index in [2.05, 4.69) is 15.6 Å². The molecule has 1 unspecified atom stereocenters. The fourth-order valence-electron chi connectivity index (χ4n) is 4.05. The van der Waals surface area contributed by atoms with Gasteiger partial charge in [-0.3, -0.25) is 14.5 Å². The Kier molecular flexibility index (Phi) is 7.61. The predicted molar refractivity (Wildman–Crippen MR) is 141 cm³/mol. The number of amides is 2. The topological polar surface area (TPSA) is 102 Å². The first kappa shape index (κ1) is 25.9. The Hall–Kier alpha value is -4.14. The van der Waals surface area contributed by atoms with Crippen LogP contribution in [-0.2, 0) is 16.1 Å². The maximum atomic E-state index is 14.1. The number of fused-ring (bicyclic) bond motifs is 1. The molecule has 0 aliphatic rings. The van der Waals surface area contributed by atoms with E-state index >= 15 is 0 Å². The van der Waals surface area contributed by atoms with Crippen LogP contribution in [0.5, 0.6) is 5.75 Å². The van der Waals surface area contributed by atoms with Crippen LogP contribution in [0.3, 0.4) is 0 Å². The normalized spacial score (nSPS) is 12.4. The summed E-state index contributed by atoms with van der Waals surface area (Å²) in [5.74, 6) is 0.744. The number of aromatic nitrogens is 3. The summed E-state index contributed by atoms with van der Waals surface area (Å²) < 4.78 is 13.4. The summed E-state index contributed by atoms with van der Waals surface area (Å²) in [6.45, 7) is 9.81. The van der Waals surface area contributed by atoms with E-state index in [1.54, 1.807) is 37.3 Å². The lowest BCUT2D eigenvalue weighted by Crippen LogP contribution is -2.51. The molecule has 37 heavy (non-hydrogen) atoms. The first-order valence-corrected chi connectivity index (χ1v) is 12.4. The zero-order valence-corrected chi connectivity index (χ0v) is 21.9. The second-order valence-electron chi connectivity index (χ2n) is 9.48. The fraction of sp³-hybridized carbons (Fsp3) is 0.357. The predicted octanol–water partition coefficient (Wildman–Crippen LogP) is 4.81. The number of furan rings is 1. The molecule has 0 radical (unpaired) electrons. The first-order chi connectivity index (χ1) is 17.7. The van der Waals surface area contributed by atoms with Gasteiger partial charge in [-0.05, 0) is 70.5 Å². The van der Waals surface area contributed by atoms with E-state index < -0.39 is 11.6 Å². The molecule has 2 aromatic heterocycles. The van der Waals surface area contributed by atoms with E-state index in [0.29, 0.717) is 41.5 Å². The van der Waals surface area contributed by atoms with Crippen molar-refractivity contribution in [3.63, 3.8) is 0 Å². The van der Waals surface area contributed by atoms with E-state index in [0.717, 1.165) is 5.52 Å². The molecule has 194 valence electrons. The van der Waals surface area contributed by atoms with Crippen molar-refractivity contribution in [2.24, 2.45) is 0 Å². The number of ether oxygens (including phenoxy) is 1. The third-order valence-electron chi connectivity index (χ3n) is 6.28. The van der Waals surface area contributed by atoms with Crippen molar-refractivity contribution in [1.82, 2.24) is 20.3 Å². The van der Waals surface area contributed by atoms with Gasteiger partial charge in [0.15, 0.2) is 6.04 Å². The Morgan fingerprint density at radius 3 is 2.51 bits per heavy atom. The maximum absolute atomic E-state index is 14.1. The molecule has 1 N–H and O–H groups in total. The summed E-state index contributed by atoms with van der Waals surface area (Å²) in [6, 6.07) is 17.0. The van der Waals surface area contributed by atoms with Crippen LogP contribution in [0, 0.1) is 6.92 Å². The minimum absolute atomic E-state index is 0.137. The van der Waals surface area contributed by atoms with Crippen molar-refractivity contribution in [3.05, 3.63) is 72.2 Å². The fourth-order valence-corrected chi connectivity index (χ4v) is 4.05. The van der Waals surface area contributed by atoms with E-state index in [-0.39, 0.29) is 18.4 Å². The zero-order chi connectivity index (χ0) is 26.6. The molecule has 0 saturated heterocycles. The van der Waals surface area contributed by atoms with Crippen LogP contribution in [0.2, 0.25) is 0 Å². The number of hydrogen-bond donors (Lipinski definition) is 1. The Morgan fingerprint density at radius 2 is 1.81 bits per heavy atom. The molecule has 4 aromatic rings. The van der Waals surface area contributed by atoms with Crippen LogP contribution in [-0.4, -0.2) is 39.0 Å². The highest BCUT2D eigenvalue weighted by molar-refractivity contribution is 6.02. The number of benzene rings is 2. The average molecular weight is 504 g/mol. The minimum atomic E-state index is -1.08. The SMILES string of the molecule is CCOc1ccccc1N(C(=O)Cn1nnc2ccccc21)C(C(=O)NC(C)(C)CC)c1ccc(C)o1. The molecule has 0 aliphatic heterocycles. The van der Waals surface area contributed by atoms with Crippen molar-refractivity contribution in [2.45, 2.75) is 59.2 Å². The van der Waals surface area contributed by atoms with Crippen LogP contribution in [0.15, 0.2) is 65.1 Å². The van der Waals surface area contributed by atoms with Gasteiger partial charge in [0.1, 0.15) is 29.3 Å². The monoisotopic (exact) mass is 503 g/mol. The van der Waals surface area contributed by atoms with Gasteiger partial charge >= 0.3 is 0 Å². The molecule has 4 rings (SSSR count). The molecule has 9 nitrogen and oxygen atoms in total. The van der Waals surface area contributed by atoms with Crippen molar-refractivity contribution in [3.8, 4) is 5.75 Å².